The van der Waals surface area contributed by atoms with Gasteiger partial charge in [0.1, 0.15) is 0 Å². The van der Waals surface area contributed by atoms with Crippen molar-refractivity contribution in [3.63, 3.8) is 0 Å². The number of carbonyl (C=O) groups excluding carboxylic acids is 1. The van der Waals surface area contributed by atoms with Crippen LogP contribution >= 0.6 is 11.8 Å². The van der Waals surface area contributed by atoms with E-state index in [2.05, 4.69) is 10.3 Å². The van der Waals surface area contributed by atoms with Crippen molar-refractivity contribution in [1.82, 2.24) is 9.55 Å². The maximum atomic E-state index is 12.5. The number of benzene rings is 1. The summed E-state index contributed by atoms with van der Waals surface area (Å²) in [5.41, 5.74) is 2.46. The highest BCUT2D eigenvalue weighted by atomic mass is 32.2. The third-order valence-electron chi connectivity index (χ3n) is 4.21. The maximum absolute atomic E-state index is 12.5. The molecule has 1 N–H and O–H groups in total. The van der Waals surface area contributed by atoms with E-state index in [9.17, 15) is 9.59 Å². The second-order valence-corrected chi connectivity index (χ2v) is 8.45. The molecule has 1 aliphatic rings. The Balaban J connectivity index is 1.75. The van der Waals surface area contributed by atoms with Gasteiger partial charge in [-0.3, -0.25) is 14.2 Å². The number of rotatable bonds is 3. The Morgan fingerprint density at radius 3 is 2.64 bits per heavy atom. The molecular formula is C19H23N3O2S. The van der Waals surface area contributed by atoms with Crippen molar-refractivity contribution < 1.29 is 4.79 Å². The first-order valence-corrected chi connectivity index (χ1v) is 9.36. The molecular weight excluding hydrogens is 334 g/mol. The summed E-state index contributed by atoms with van der Waals surface area (Å²) < 4.78 is 1.66. The van der Waals surface area contributed by atoms with Crippen LogP contribution in [0.3, 0.4) is 0 Å². The third kappa shape index (κ3) is 3.95. The number of hydrogen-bond acceptors (Lipinski definition) is 4. The number of anilines is 1. The SMILES string of the molecule is Cc1ccc(NC(=O)CC2CSc3nc(C(C)(C)C)cc(=O)n32)cc1. The predicted molar refractivity (Wildman–Crippen MR) is 101 cm³/mol. The zero-order valence-electron chi connectivity index (χ0n) is 15.0. The number of aryl methyl sites for hydroxylation is 1. The fourth-order valence-corrected chi connectivity index (χ4v) is 3.90. The fraction of sp³-hybridized carbons (Fsp3) is 0.421. The van der Waals surface area contributed by atoms with E-state index in [0.717, 1.165) is 16.9 Å². The lowest BCUT2D eigenvalue weighted by atomic mass is 9.92. The number of nitrogens with one attached hydrogen (secondary N) is 1. The minimum atomic E-state index is -0.170. The number of fused-ring (bicyclic) bond motifs is 1. The van der Waals surface area contributed by atoms with Gasteiger partial charge in [-0.05, 0) is 19.1 Å². The molecule has 1 aromatic carbocycles. The van der Waals surface area contributed by atoms with E-state index in [0.29, 0.717) is 10.9 Å². The van der Waals surface area contributed by atoms with E-state index in [-0.39, 0.29) is 29.3 Å². The Labute approximate surface area is 151 Å². The van der Waals surface area contributed by atoms with Crippen LogP contribution < -0.4 is 10.9 Å². The first kappa shape index (κ1) is 17.7. The predicted octanol–water partition coefficient (Wildman–Crippen LogP) is 3.52. The summed E-state index contributed by atoms with van der Waals surface area (Å²) in [6.07, 6.45) is 0.268. The van der Waals surface area contributed by atoms with Crippen molar-refractivity contribution >= 4 is 23.4 Å². The van der Waals surface area contributed by atoms with Gasteiger partial charge in [0.15, 0.2) is 5.16 Å². The Morgan fingerprint density at radius 2 is 2.00 bits per heavy atom. The van der Waals surface area contributed by atoms with Crippen LogP contribution in [0.25, 0.3) is 0 Å². The third-order valence-corrected chi connectivity index (χ3v) is 5.31. The molecule has 132 valence electrons. The fourth-order valence-electron chi connectivity index (χ4n) is 2.75. The standard InChI is InChI=1S/C19H23N3O2S/c1-12-5-7-13(8-6-12)20-16(23)9-14-11-25-18-21-15(19(2,3)4)10-17(24)22(14)18/h5-8,10,14H,9,11H2,1-4H3,(H,20,23). The molecule has 2 heterocycles. The normalized spacial score (nSPS) is 16.6. The lowest BCUT2D eigenvalue weighted by Gasteiger charge is -2.19. The number of nitrogens with zero attached hydrogens (tertiary/aromatic N) is 2. The van der Waals surface area contributed by atoms with Gasteiger partial charge in [-0.1, -0.05) is 50.2 Å². The summed E-state index contributed by atoms with van der Waals surface area (Å²) in [4.78, 5) is 29.5. The molecule has 5 nitrogen and oxygen atoms in total. The molecule has 1 unspecified atom stereocenters. The van der Waals surface area contributed by atoms with Crippen molar-refractivity contribution in [2.75, 3.05) is 11.1 Å². The molecule has 0 saturated carbocycles. The highest BCUT2D eigenvalue weighted by Crippen LogP contribution is 2.33. The van der Waals surface area contributed by atoms with Crippen LogP contribution in [0, 0.1) is 6.92 Å². The lowest BCUT2D eigenvalue weighted by Crippen LogP contribution is -2.29. The molecule has 1 aliphatic heterocycles. The Hall–Kier alpha value is -2.08. The summed E-state index contributed by atoms with van der Waals surface area (Å²) in [6, 6.07) is 9.12. The van der Waals surface area contributed by atoms with Crippen LogP contribution in [0.2, 0.25) is 0 Å². The molecule has 1 atom stereocenters. The molecule has 1 amide bonds. The van der Waals surface area contributed by atoms with Crippen molar-refractivity contribution in [2.45, 2.75) is 50.7 Å². The summed E-state index contributed by atoms with van der Waals surface area (Å²) in [7, 11) is 0. The van der Waals surface area contributed by atoms with Gasteiger partial charge >= 0.3 is 0 Å². The van der Waals surface area contributed by atoms with E-state index in [4.69, 9.17) is 0 Å². The van der Waals surface area contributed by atoms with Gasteiger partial charge in [0.2, 0.25) is 5.91 Å². The first-order valence-electron chi connectivity index (χ1n) is 8.37. The molecule has 3 rings (SSSR count). The molecule has 0 spiro atoms. The summed E-state index contributed by atoms with van der Waals surface area (Å²) in [5, 5.41) is 3.61. The van der Waals surface area contributed by atoms with Crippen molar-refractivity contribution in [3.8, 4) is 0 Å². The molecule has 0 fully saturated rings. The van der Waals surface area contributed by atoms with Gasteiger partial charge in [-0.25, -0.2) is 4.98 Å². The molecule has 0 radical (unpaired) electrons. The molecule has 2 aromatic rings. The number of hydrogen-bond donors (Lipinski definition) is 1. The molecule has 0 saturated heterocycles. The molecule has 25 heavy (non-hydrogen) atoms. The van der Waals surface area contributed by atoms with Gasteiger partial charge in [-0.15, -0.1) is 0 Å². The van der Waals surface area contributed by atoms with Crippen LogP contribution in [-0.2, 0) is 10.2 Å². The van der Waals surface area contributed by atoms with Gasteiger partial charge in [0.25, 0.3) is 5.56 Å². The average molecular weight is 357 g/mol. The maximum Gasteiger partial charge on any atom is 0.254 e. The molecule has 0 aliphatic carbocycles. The van der Waals surface area contributed by atoms with Gasteiger partial charge in [0, 0.05) is 29.3 Å². The van der Waals surface area contributed by atoms with E-state index >= 15 is 0 Å². The quantitative estimate of drug-likeness (QED) is 0.854. The van der Waals surface area contributed by atoms with Gasteiger partial charge < -0.3 is 5.32 Å². The molecule has 0 bridgehead atoms. The molecule has 1 aromatic heterocycles. The Kier molecular flexibility index (Phi) is 4.73. The monoisotopic (exact) mass is 357 g/mol. The topological polar surface area (TPSA) is 64.0 Å². The second-order valence-electron chi connectivity index (χ2n) is 7.47. The largest absolute Gasteiger partial charge is 0.326 e. The van der Waals surface area contributed by atoms with Gasteiger partial charge in [0.05, 0.1) is 11.7 Å². The van der Waals surface area contributed by atoms with Crippen molar-refractivity contribution in [3.05, 3.63) is 51.9 Å². The van der Waals surface area contributed by atoms with Crippen LogP contribution in [0.5, 0.6) is 0 Å². The van der Waals surface area contributed by atoms with Crippen LogP contribution in [0.4, 0.5) is 5.69 Å². The van der Waals surface area contributed by atoms with Crippen LogP contribution in [0.15, 0.2) is 40.3 Å². The Bertz CT molecular complexity index is 850. The zero-order valence-corrected chi connectivity index (χ0v) is 15.8. The van der Waals surface area contributed by atoms with Crippen LogP contribution in [0.1, 0.15) is 44.5 Å². The zero-order chi connectivity index (χ0) is 18.2. The summed E-state index contributed by atoms with van der Waals surface area (Å²) >= 11 is 1.54. The number of thioether (sulfide) groups is 1. The number of carbonyl (C=O) groups is 1. The smallest absolute Gasteiger partial charge is 0.254 e. The first-order chi connectivity index (χ1) is 11.7. The summed E-state index contributed by atoms with van der Waals surface area (Å²) in [5.74, 6) is 0.603. The minimum absolute atomic E-state index is 0.0759. The second kappa shape index (κ2) is 6.67. The average Bonchev–Trinajstić information content (AvgIpc) is 2.92. The highest BCUT2D eigenvalue weighted by Gasteiger charge is 2.29. The van der Waals surface area contributed by atoms with Crippen molar-refractivity contribution in [2.24, 2.45) is 0 Å². The van der Waals surface area contributed by atoms with E-state index in [1.54, 1.807) is 22.4 Å². The molecule has 6 heteroatoms. The number of amides is 1. The minimum Gasteiger partial charge on any atom is -0.326 e. The van der Waals surface area contributed by atoms with Crippen LogP contribution in [-0.4, -0.2) is 21.2 Å². The Morgan fingerprint density at radius 1 is 1.32 bits per heavy atom. The summed E-state index contributed by atoms with van der Waals surface area (Å²) in [6.45, 7) is 8.12. The van der Waals surface area contributed by atoms with E-state index in [1.165, 1.54) is 0 Å². The lowest BCUT2D eigenvalue weighted by molar-refractivity contribution is -0.116. The van der Waals surface area contributed by atoms with E-state index in [1.807, 2.05) is 52.0 Å². The van der Waals surface area contributed by atoms with E-state index < -0.39 is 0 Å². The highest BCUT2D eigenvalue weighted by molar-refractivity contribution is 7.99. The van der Waals surface area contributed by atoms with Crippen molar-refractivity contribution in [1.29, 1.82) is 0 Å². The van der Waals surface area contributed by atoms with Gasteiger partial charge in [-0.2, -0.15) is 0 Å². The number of aromatic nitrogens is 2.